The van der Waals surface area contributed by atoms with Gasteiger partial charge in [-0.1, -0.05) is 12.1 Å². The molecular formula is C23H21F2N3O3. The maximum Gasteiger partial charge on any atom is 0.228 e. The smallest absolute Gasteiger partial charge is 0.228 e. The van der Waals surface area contributed by atoms with E-state index in [1.165, 1.54) is 11.0 Å². The van der Waals surface area contributed by atoms with Crippen molar-refractivity contribution in [3.05, 3.63) is 60.0 Å². The number of carbonyl (C=O) groups is 2. The molecule has 0 spiro atoms. The second kappa shape index (κ2) is 7.76. The third-order valence-corrected chi connectivity index (χ3v) is 6.14. The Labute approximate surface area is 177 Å². The average Bonchev–Trinajstić information content (AvgIpc) is 3.37. The summed E-state index contributed by atoms with van der Waals surface area (Å²) < 4.78 is 33.1. The van der Waals surface area contributed by atoms with Crippen molar-refractivity contribution in [1.82, 2.24) is 9.88 Å². The molecule has 2 fully saturated rings. The van der Waals surface area contributed by atoms with Crippen LogP contribution in [0.4, 0.5) is 14.5 Å². The Morgan fingerprint density at radius 3 is 2.61 bits per heavy atom. The summed E-state index contributed by atoms with van der Waals surface area (Å²) in [6.45, 7) is 1.21. The van der Waals surface area contributed by atoms with Crippen LogP contribution in [0.3, 0.4) is 0 Å². The fourth-order valence-electron chi connectivity index (χ4n) is 4.48. The summed E-state index contributed by atoms with van der Waals surface area (Å²) in [5.74, 6) is -1.63. The molecule has 2 saturated heterocycles. The van der Waals surface area contributed by atoms with Crippen LogP contribution in [0.1, 0.15) is 31.1 Å². The van der Waals surface area contributed by atoms with Gasteiger partial charge < -0.3 is 14.2 Å². The minimum Gasteiger partial charge on any atom is -0.440 e. The van der Waals surface area contributed by atoms with Crippen LogP contribution in [0.2, 0.25) is 0 Å². The Bertz CT molecular complexity index is 1120. The van der Waals surface area contributed by atoms with Crippen LogP contribution < -0.4 is 4.90 Å². The van der Waals surface area contributed by atoms with Gasteiger partial charge in [-0.3, -0.25) is 9.59 Å². The van der Waals surface area contributed by atoms with E-state index in [0.29, 0.717) is 19.0 Å². The van der Waals surface area contributed by atoms with Crippen LogP contribution in [0.5, 0.6) is 0 Å². The van der Waals surface area contributed by atoms with Gasteiger partial charge in [0.2, 0.25) is 11.8 Å². The van der Waals surface area contributed by atoms with Crippen molar-refractivity contribution in [3.63, 3.8) is 0 Å². The minimum absolute atomic E-state index is 0.0105. The van der Waals surface area contributed by atoms with Crippen molar-refractivity contribution in [3.8, 4) is 0 Å². The van der Waals surface area contributed by atoms with E-state index in [9.17, 15) is 18.4 Å². The molecule has 3 aromatic rings. The van der Waals surface area contributed by atoms with E-state index in [4.69, 9.17) is 4.42 Å². The van der Waals surface area contributed by atoms with Crippen molar-refractivity contribution in [2.24, 2.45) is 5.92 Å². The highest BCUT2D eigenvalue weighted by Gasteiger charge is 2.39. The standard InChI is InChI=1S/C23H21F2N3O3/c24-16-5-6-19(17(25)12-16)28-13-15(11-21(28)29)23(30)27-9-7-14(8-10-27)22-26-18-3-1-2-4-20(18)31-22/h1-6,12,14-15H,7-11,13H2. The largest absolute Gasteiger partial charge is 0.440 e. The van der Waals surface area contributed by atoms with E-state index in [-0.39, 0.29) is 36.4 Å². The lowest BCUT2D eigenvalue weighted by atomic mass is 9.95. The second-order valence-electron chi connectivity index (χ2n) is 8.12. The summed E-state index contributed by atoms with van der Waals surface area (Å²) >= 11 is 0. The van der Waals surface area contributed by atoms with Gasteiger partial charge in [-0.05, 0) is 37.1 Å². The monoisotopic (exact) mass is 425 g/mol. The molecule has 0 saturated carbocycles. The van der Waals surface area contributed by atoms with Crippen molar-refractivity contribution in [1.29, 1.82) is 0 Å². The van der Waals surface area contributed by atoms with Crippen LogP contribution in [0.25, 0.3) is 11.1 Å². The van der Waals surface area contributed by atoms with Crippen LogP contribution in [-0.4, -0.2) is 41.3 Å². The lowest BCUT2D eigenvalue weighted by Crippen LogP contribution is -2.42. The van der Waals surface area contributed by atoms with Gasteiger partial charge in [0, 0.05) is 38.0 Å². The van der Waals surface area contributed by atoms with Crippen molar-refractivity contribution >= 4 is 28.6 Å². The number of likely N-dealkylation sites (tertiary alicyclic amines) is 1. The lowest BCUT2D eigenvalue weighted by molar-refractivity contribution is -0.136. The average molecular weight is 425 g/mol. The molecule has 8 heteroatoms. The number of aromatic nitrogens is 1. The zero-order chi connectivity index (χ0) is 21.5. The van der Waals surface area contributed by atoms with Gasteiger partial charge in [0.1, 0.15) is 17.2 Å². The number of anilines is 1. The number of fused-ring (bicyclic) bond motifs is 1. The molecule has 160 valence electrons. The van der Waals surface area contributed by atoms with Crippen LogP contribution >= 0.6 is 0 Å². The number of hydrogen-bond donors (Lipinski definition) is 0. The van der Waals surface area contributed by atoms with E-state index in [1.54, 1.807) is 4.90 Å². The predicted octanol–water partition coefficient (Wildman–Crippen LogP) is 3.87. The van der Waals surface area contributed by atoms with E-state index < -0.39 is 17.6 Å². The fourth-order valence-corrected chi connectivity index (χ4v) is 4.48. The summed E-state index contributed by atoms with van der Waals surface area (Å²) in [5.41, 5.74) is 1.60. The van der Waals surface area contributed by atoms with E-state index in [2.05, 4.69) is 4.98 Å². The number of amides is 2. The number of para-hydroxylation sites is 2. The highest BCUT2D eigenvalue weighted by Crippen LogP contribution is 2.33. The Balaban J connectivity index is 1.23. The molecule has 2 aromatic carbocycles. The summed E-state index contributed by atoms with van der Waals surface area (Å²) in [5, 5.41) is 0. The number of oxazole rings is 1. The number of piperidine rings is 1. The molecule has 1 unspecified atom stereocenters. The van der Waals surface area contributed by atoms with Crippen LogP contribution in [-0.2, 0) is 9.59 Å². The molecule has 2 aliphatic rings. The van der Waals surface area contributed by atoms with Crippen LogP contribution in [0.15, 0.2) is 46.9 Å². The van der Waals surface area contributed by atoms with Crippen molar-refractivity contribution in [2.75, 3.05) is 24.5 Å². The second-order valence-corrected chi connectivity index (χ2v) is 8.12. The Kier molecular flexibility index (Phi) is 4.92. The van der Waals surface area contributed by atoms with E-state index >= 15 is 0 Å². The normalized spacial score (nSPS) is 20.1. The van der Waals surface area contributed by atoms with Crippen molar-refractivity contribution in [2.45, 2.75) is 25.2 Å². The molecule has 31 heavy (non-hydrogen) atoms. The molecule has 3 heterocycles. The quantitative estimate of drug-likeness (QED) is 0.639. The third kappa shape index (κ3) is 3.66. The predicted molar refractivity (Wildman–Crippen MR) is 109 cm³/mol. The van der Waals surface area contributed by atoms with Gasteiger partial charge in [0.05, 0.1) is 11.6 Å². The zero-order valence-electron chi connectivity index (χ0n) is 16.8. The highest BCUT2D eigenvalue weighted by molar-refractivity contribution is 6.00. The SMILES string of the molecule is O=C(C1CC(=O)N(c2ccc(F)cc2F)C1)N1CCC(c2nc3ccccc3o2)CC1. The first-order valence-electron chi connectivity index (χ1n) is 10.4. The number of benzene rings is 2. The maximum absolute atomic E-state index is 14.1. The molecule has 0 N–H and O–H groups in total. The van der Waals surface area contributed by atoms with Crippen LogP contribution in [0, 0.1) is 17.6 Å². The Morgan fingerprint density at radius 1 is 1.10 bits per heavy atom. The maximum atomic E-state index is 14.1. The molecule has 1 atom stereocenters. The summed E-state index contributed by atoms with van der Waals surface area (Å²) in [4.78, 5) is 33.0. The number of halogens is 2. The lowest BCUT2D eigenvalue weighted by Gasteiger charge is -2.32. The first kappa shape index (κ1) is 19.7. The molecule has 2 amide bonds. The Morgan fingerprint density at radius 2 is 1.87 bits per heavy atom. The van der Waals surface area contributed by atoms with Gasteiger partial charge >= 0.3 is 0 Å². The first-order chi connectivity index (χ1) is 15.0. The number of rotatable bonds is 3. The molecule has 1 aromatic heterocycles. The molecule has 2 aliphatic heterocycles. The molecule has 6 nitrogen and oxygen atoms in total. The summed E-state index contributed by atoms with van der Waals surface area (Å²) in [7, 11) is 0. The fraction of sp³-hybridized carbons (Fsp3) is 0.348. The van der Waals surface area contributed by atoms with E-state index in [0.717, 1.165) is 36.1 Å². The highest BCUT2D eigenvalue weighted by atomic mass is 19.1. The number of carbonyl (C=O) groups excluding carboxylic acids is 2. The van der Waals surface area contributed by atoms with Gasteiger partial charge in [0.15, 0.2) is 11.5 Å². The molecule has 5 rings (SSSR count). The molecule has 0 bridgehead atoms. The van der Waals surface area contributed by atoms with E-state index in [1.807, 2.05) is 24.3 Å². The van der Waals surface area contributed by atoms with Crippen molar-refractivity contribution < 1.29 is 22.8 Å². The topological polar surface area (TPSA) is 66.7 Å². The number of nitrogens with zero attached hydrogens (tertiary/aromatic N) is 3. The molecule has 0 radical (unpaired) electrons. The number of hydrogen-bond acceptors (Lipinski definition) is 4. The van der Waals surface area contributed by atoms with Gasteiger partial charge in [-0.2, -0.15) is 0 Å². The van der Waals surface area contributed by atoms with Gasteiger partial charge in [-0.15, -0.1) is 0 Å². The zero-order valence-corrected chi connectivity index (χ0v) is 16.8. The van der Waals surface area contributed by atoms with Gasteiger partial charge in [-0.25, -0.2) is 13.8 Å². The summed E-state index contributed by atoms with van der Waals surface area (Å²) in [6, 6.07) is 10.7. The minimum atomic E-state index is -0.805. The summed E-state index contributed by atoms with van der Waals surface area (Å²) in [6.07, 6.45) is 1.49. The Hall–Kier alpha value is -3.29. The third-order valence-electron chi connectivity index (χ3n) is 6.14. The molecular weight excluding hydrogens is 404 g/mol. The first-order valence-corrected chi connectivity index (χ1v) is 10.4. The van der Waals surface area contributed by atoms with Gasteiger partial charge in [0.25, 0.3) is 0 Å². The molecule has 0 aliphatic carbocycles.